The third-order valence-corrected chi connectivity index (χ3v) is 3.75. The van der Waals surface area contributed by atoms with Crippen molar-refractivity contribution in [3.8, 4) is 0 Å². The van der Waals surface area contributed by atoms with Crippen LogP contribution in [0.15, 0.2) is 0 Å². The molecule has 0 N–H and O–H groups in total. The van der Waals surface area contributed by atoms with Gasteiger partial charge in [-0.25, -0.2) is 0 Å². The minimum Gasteiger partial charge on any atom is -0.382 e. The van der Waals surface area contributed by atoms with Gasteiger partial charge in [-0.3, -0.25) is 4.79 Å². The van der Waals surface area contributed by atoms with Crippen molar-refractivity contribution < 1.29 is 19.0 Å². The van der Waals surface area contributed by atoms with Gasteiger partial charge < -0.3 is 19.1 Å². The van der Waals surface area contributed by atoms with Gasteiger partial charge in [-0.2, -0.15) is 0 Å². The van der Waals surface area contributed by atoms with Gasteiger partial charge in [0.05, 0.1) is 25.9 Å². The number of piperidine rings is 1. The molecule has 0 radical (unpaired) electrons. The van der Waals surface area contributed by atoms with Crippen LogP contribution in [0, 0.1) is 0 Å². The Morgan fingerprint density at radius 3 is 2.83 bits per heavy atom. The SMILES string of the molecule is COC(C)CCC(=O)N1CCCC2(C1)OCCO2. The first-order valence-electron chi connectivity index (χ1n) is 6.74. The second-order valence-electron chi connectivity index (χ2n) is 5.11. The van der Waals surface area contributed by atoms with E-state index in [0.717, 1.165) is 25.8 Å². The van der Waals surface area contributed by atoms with Crippen molar-refractivity contribution in [2.75, 3.05) is 33.4 Å². The van der Waals surface area contributed by atoms with Gasteiger partial charge in [-0.1, -0.05) is 0 Å². The highest BCUT2D eigenvalue weighted by Crippen LogP contribution is 2.30. The van der Waals surface area contributed by atoms with Gasteiger partial charge in [-0.05, 0) is 19.8 Å². The fourth-order valence-electron chi connectivity index (χ4n) is 2.54. The maximum atomic E-state index is 12.1. The van der Waals surface area contributed by atoms with Crippen molar-refractivity contribution in [2.45, 2.75) is 44.5 Å². The predicted molar refractivity (Wildman–Crippen MR) is 66.2 cm³/mol. The molecule has 2 aliphatic rings. The second-order valence-corrected chi connectivity index (χ2v) is 5.11. The standard InChI is InChI=1S/C13H23NO4/c1-11(16-2)4-5-12(15)14-7-3-6-13(10-14)17-8-9-18-13/h11H,3-10H2,1-2H3. The summed E-state index contributed by atoms with van der Waals surface area (Å²) in [5.41, 5.74) is 0. The van der Waals surface area contributed by atoms with E-state index in [1.807, 2.05) is 11.8 Å². The number of rotatable bonds is 4. The van der Waals surface area contributed by atoms with Gasteiger partial charge in [0.1, 0.15) is 0 Å². The molecule has 5 heteroatoms. The van der Waals surface area contributed by atoms with Crippen molar-refractivity contribution in [2.24, 2.45) is 0 Å². The van der Waals surface area contributed by atoms with E-state index in [1.54, 1.807) is 7.11 Å². The fourth-order valence-corrected chi connectivity index (χ4v) is 2.54. The van der Waals surface area contributed by atoms with Crippen LogP contribution >= 0.6 is 0 Å². The van der Waals surface area contributed by atoms with Crippen LogP contribution in [0.3, 0.4) is 0 Å². The third kappa shape index (κ3) is 3.22. The highest BCUT2D eigenvalue weighted by Gasteiger charge is 2.41. The van der Waals surface area contributed by atoms with Crippen molar-refractivity contribution >= 4 is 5.91 Å². The molecule has 5 nitrogen and oxygen atoms in total. The normalized spacial score (nSPS) is 24.4. The molecule has 2 saturated heterocycles. The molecule has 0 aromatic carbocycles. The van der Waals surface area contributed by atoms with Crippen LogP contribution in [0.2, 0.25) is 0 Å². The van der Waals surface area contributed by atoms with Gasteiger partial charge >= 0.3 is 0 Å². The van der Waals surface area contributed by atoms with E-state index in [4.69, 9.17) is 14.2 Å². The summed E-state index contributed by atoms with van der Waals surface area (Å²) in [6.45, 7) is 4.65. The summed E-state index contributed by atoms with van der Waals surface area (Å²) in [5.74, 6) is -0.335. The number of nitrogens with zero attached hydrogens (tertiary/aromatic N) is 1. The van der Waals surface area contributed by atoms with Gasteiger partial charge in [0.2, 0.25) is 5.91 Å². The van der Waals surface area contributed by atoms with E-state index in [2.05, 4.69) is 0 Å². The van der Waals surface area contributed by atoms with Gasteiger partial charge in [0.15, 0.2) is 5.79 Å². The molecule has 0 saturated carbocycles. The molecule has 1 atom stereocenters. The Morgan fingerprint density at radius 1 is 1.44 bits per heavy atom. The Morgan fingerprint density at radius 2 is 2.17 bits per heavy atom. The van der Waals surface area contributed by atoms with Gasteiger partial charge in [-0.15, -0.1) is 0 Å². The Labute approximate surface area is 108 Å². The van der Waals surface area contributed by atoms with E-state index in [9.17, 15) is 4.79 Å². The number of likely N-dealkylation sites (tertiary alicyclic amines) is 1. The lowest BCUT2D eigenvalue weighted by Gasteiger charge is -2.38. The third-order valence-electron chi connectivity index (χ3n) is 3.75. The Bertz CT molecular complexity index is 289. The van der Waals surface area contributed by atoms with Crippen LogP contribution in [-0.4, -0.2) is 56.1 Å². The van der Waals surface area contributed by atoms with E-state index in [0.29, 0.717) is 26.2 Å². The minimum absolute atomic E-state index is 0.131. The maximum absolute atomic E-state index is 12.1. The molecule has 2 rings (SSSR count). The maximum Gasteiger partial charge on any atom is 0.222 e. The summed E-state index contributed by atoms with van der Waals surface area (Å²) in [4.78, 5) is 14.0. The van der Waals surface area contributed by atoms with Crippen LogP contribution in [-0.2, 0) is 19.0 Å². The van der Waals surface area contributed by atoms with Crippen molar-refractivity contribution in [1.82, 2.24) is 4.90 Å². The number of hydrogen-bond donors (Lipinski definition) is 0. The number of carbonyl (C=O) groups excluding carboxylic acids is 1. The zero-order valence-corrected chi connectivity index (χ0v) is 11.3. The lowest BCUT2D eigenvalue weighted by Crippen LogP contribution is -2.51. The Kier molecular flexibility index (Phi) is 4.59. The molecule has 18 heavy (non-hydrogen) atoms. The smallest absolute Gasteiger partial charge is 0.222 e. The molecule has 2 fully saturated rings. The Balaban J connectivity index is 1.82. The topological polar surface area (TPSA) is 48.0 Å². The summed E-state index contributed by atoms with van der Waals surface area (Å²) >= 11 is 0. The van der Waals surface area contributed by atoms with E-state index in [-0.39, 0.29) is 12.0 Å². The van der Waals surface area contributed by atoms with Crippen molar-refractivity contribution in [1.29, 1.82) is 0 Å². The molecule has 104 valence electrons. The predicted octanol–water partition coefficient (Wildman–Crippen LogP) is 1.17. The van der Waals surface area contributed by atoms with E-state index in [1.165, 1.54) is 0 Å². The highest BCUT2D eigenvalue weighted by molar-refractivity contribution is 5.76. The minimum atomic E-state index is -0.513. The molecular formula is C13H23NO4. The van der Waals surface area contributed by atoms with Crippen molar-refractivity contribution in [3.05, 3.63) is 0 Å². The Hall–Kier alpha value is -0.650. The molecule has 0 aromatic heterocycles. The van der Waals surface area contributed by atoms with Gasteiger partial charge in [0.25, 0.3) is 0 Å². The summed E-state index contributed by atoms with van der Waals surface area (Å²) < 4.78 is 16.5. The van der Waals surface area contributed by atoms with Crippen molar-refractivity contribution in [3.63, 3.8) is 0 Å². The molecule has 0 aromatic rings. The van der Waals surface area contributed by atoms with Crippen LogP contribution < -0.4 is 0 Å². The number of hydrogen-bond acceptors (Lipinski definition) is 4. The average Bonchev–Trinajstić information content (AvgIpc) is 2.83. The quantitative estimate of drug-likeness (QED) is 0.758. The lowest BCUT2D eigenvalue weighted by atomic mass is 10.0. The first kappa shape index (κ1) is 13.8. The van der Waals surface area contributed by atoms with Crippen LogP contribution in [0.5, 0.6) is 0 Å². The van der Waals surface area contributed by atoms with Crippen LogP contribution in [0.1, 0.15) is 32.6 Å². The molecule has 1 amide bonds. The lowest BCUT2D eigenvalue weighted by molar-refractivity contribution is -0.193. The number of carbonyl (C=O) groups is 1. The van der Waals surface area contributed by atoms with E-state index < -0.39 is 5.79 Å². The first-order valence-corrected chi connectivity index (χ1v) is 6.74. The van der Waals surface area contributed by atoms with Gasteiger partial charge in [0, 0.05) is 26.5 Å². The highest BCUT2D eigenvalue weighted by atomic mass is 16.7. The zero-order valence-electron chi connectivity index (χ0n) is 11.3. The fraction of sp³-hybridized carbons (Fsp3) is 0.923. The molecule has 0 bridgehead atoms. The summed E-state index contributed by atoms with van der Waals surface area (Å²) in [6.07, 6.45) is 3.27. The zero-order chi connectivity index (χ0) is 13.0. The van der Waals surface area contributed by atoms with Crippen LogP contribution in [0.25, 0.3) is 0 Å². The summed E-state index contributed by atoms with van der Waals surface area (Å²) in [5, 5.41) is 0. The summed E-state index contributed by atoms with van der Waals surface area (Å²) in [7, 11) is 1.67. The largest absolute Gasteiger partial charge is 0.382 e. The molecular weight excluding hydrogens is 234 g/mol. The average molecular weight is 257 g/mol. The molecule has 2 aliphatic heterocycles. The molecule has 1 spiro atoms. The molecule has 1 unspecified atom stereocenters. The number of ether oxygens (including phenoxy) is 3. The first-order chi connectivity index (χ1) is 8.65. The van der Waals surface area contributed by atoms with E-state index >= 15 is 0 Å². The second kappa shape index (κ2) is 5.99. The number of amides is 1. The monoisotopic (exact) mass is 257 g/mol. The number of methoxy groups -OCH3 is 1. The van der Waals surface area contributed by atoms with Crippen LogP contribution in [0.4, 0.5) is 0 Å². The summed E-state index contributed by atoms with van der Waals surface area (Å²) in [6, 6.07) is 0. The molecule has 0 aliphatic carbocycles. The molecule has 2 heterocycles.